The number of benzene rings is 1. The number of nitrogens with zero attached hydrogens (tertiary/aromatic N) is 3. The van der Waals surface area contributed by atoms with E-state index in [0.717, 1.165) is 11.1 Å². The number of rotatable bonds is 12. The first-order valence-electron chi connectivity index (χ1n) is 22.8. The summed E-state index contributed by atoms with van der Waals surface area (Å²) in [4.78, 5) is 96.3. The lowest BCUT2D eigenvalue weighted by Crippen LogP contribution is -2.53. The summed E-state index contributed by atoms with van der Waals surface area (Å²) in [6, 6.07) is 2.43. The number of esters is 2. The van der Waals surface area contributed by atoms with E-state index in [1.54, 1.807) is 45.2 Å². The Labute approximate surface area is 400 Å². The number of hydrogen-bond acceptors (Lipinski definition) is 14. The summed E-state index contributed by atoms with van der Waals surface area (Å²) in [5, 5.41) is 20.8. The fourth-order valence-electron chi connectivity index (χ4n) is 9.76. The number of hydrogen-bond donors (Lipinski definition) is 2. The van der Waals surface area contributed by atoms with Crippen molar-refractivity contribution >= 4 is 70.6 Å². The van der Waals surface area contributed by atoms with Crippen LogP contribution in [0.1, 0.15) is 91.0 Å². The molecule has 4 heterocycles. The smallest absolute Gasteiger partial charge is 0.328 e. The maximum atomic E-state index is 14.3. The van der Waals surface area contributed by atoms with Gasteiger partial charge in [-0.25, -0.2) is 4.79 Å². The Kier molecular flexibility index (Phi) is 16.6. The molecule has 1 unspecified atom stereocenters. The lowest BCUT2D eigenvalue weighted by molar-refractivity contribution is -0.187. The molecule has 4 fully saturated rings. The molecule has 0 aromatic heterocycles. The molecule has 3 saturated heterocycles. The molecule has 4 aliphatic heterocycles. The second kappa shape index (κ2) is 21.4. The number of carbonyl (C=O) groups excluding carboxylic acids is 6. The van der Waals surface area contributed by atoms with Crippen molar-refractivity contribution in [2.75, 3.05) is 45.5 Å². The highest BCUT2D eigenvalue weighted by Crippen LogP contribution is 2.50. The highest BCUT2D eigenvalue weighted by atomic mass is 35.5. The number of likely N-dealkylation sites (tertiary alicyclic amines) is 1. The van der Waals surface area contributed by atoms with Gasteiger partial charge in [0.25, 0.3) is 0 Å². The second-order valence-corrected chi connectivity index (χ2v) is 20.6. The molecule has 0 radical (unpaired) electrons. The van der Waals surface area contributed by atoms with E-state index in [4.69, 9.17) is 35.3 Å². The Hall–Kier alpha value is -4.49. The molecule has 19 heteroatoms. The number of imide groups is 1. The third kappa shape index (κ3) is 11.7. The fraction of sp³-hybridized carbons (Fsp3) is 0.646. The van der Waals surface area contributed by atoms with Crippen molar-refractivity contribution in [2.24, 2.45) is 17.8 Å². The second-order valence-electron chi connectivity index (χ2n) is 18.9. The molecule has 0 spiro atoms. The van der Waals surface area contributed by atoms with Crippen LogP contribution in [-0.2, 0) is 58.9 Å². The van der Waals surface area contributed by atoms with E-state index in [1.165, 1.54) is 54.7 Å². The average Bonchev–Trinajstić information content (AvgIpc) is 3.91. The van der Waals surface area contributed by atoms with Crippen LogP contribution in [0.2, 0.25) is 5.02 Å². The first kappa shape index (κ1) is 51.9. The molecule has 6 rings (SSSR count). The van der Waals surface area contributed by atoms with Crippen molar-refractivity contribution < 1.29 is 67.5 Å². The van der Waals surface area contributed by atoms with Gasteiger partial charge in [-0.3, -0.25) is 33.7 Å². The Bertz CT molecular complexity index is 2160. The predicted octanol–water partition coefficient (Wildman–Crippen LogP) is 4.91. The van der Waals surface area contributed by atoms with E-state index in [0.29, 0.717) is 43.5 Å². The van der Waals surface area contributed by atoms with Crippen LogP contribution in [-0.4, -0.2) is 149 Å². The van der Waals surface area contributed by atoms with Crippen LogP contribution in [0.5, 0.6) is 5.75 Å². The SMILES string of the molecule is COc1cc2cc(c1Cl)N(C)C(=O)C[C@H](OC(=O)[C@H](C)N(C)C(=O)CCSC1CC(=O)N(CC3CCC(C(=O)O)CC3)C1=O)[C@]1(C)O[C@H]1[C@H](C)[C@@H]1C[C@@](O)(CC(=O)O1)[C@H](OC)/C=C/C=C(\C)C2. The molecule has 9 atom stereocenters. The zero-order valence-corrected chi connectivity index (χ0v) is 41.1. The minimum absolute atomic E-state index is 0.00768. The molecule has 17 nitrogen and oxygen atoms in total. The van der Waals surface area contributed by atoms with E-state index in [2.05, 4.69) is 0 Å². The van der Waals surface area contributed by atoms with Gasteiger partial charge in [0, 0.05) is 58.7 Å². The molecule has 4 amide bonds. The van der Waals surface area contributed by atoms with Gasteiger partial charge in [-0.05, 0) is 76.5 Å². The number of methoxy groups -OCH3 is 2. The van der Waals surface area contributed by atoms with Crippen LogP contribution < -0.4 is 9.64 Å². The van der Waals surface area contributed by atoms with Crippen molar-refractivity contribution in [3.63, 3.8) is 0 Å². The molecule has 2 N–H and O–H groups in total. The maximum Gasteiger partial charge on any atom is 0.328 e. The fourth-order valence-corrected chi connectivity index (χ4v) is 11.2. The predicted molar refractivity (Wildman–Crippen MR) is 247 cm³/mol. The largest absolute Gasteiger partial charge is 0.495 e. The first-order valence-corrected chi connectivity index (χ1v) is 24.3. The van der Waals surface area contributed by atoms with Gasteiger partial charge in [0.1, 0.15) is 46.3 Å². The van der Waals surface area contributed by atoms with Crippen molar-refractivity contribution in [3.05, 3.63) is 46.5 Å². The van der Waals surface area contributed by atoms with Gasteiger partial charge in [0.15, 0.2) is 0 Å². The monoisotopic (exact) mass is 973 g/mol. The number of carbonyl (C=O) groups is 7. The Morgan fingerprint density at radius 2 is 1.78 bits per heavy atom. The average molecular weight is 975 g/mol. The number of anilines is 1. The number of epoxide rings is 1. The molecule has 1 aromatic rings. The van der Waals surface area contributed by atoms with Crippen LogP contribution in [0.3, 0.4) is 0 Å². The van der Waals surface area contributed by atoms with Gasteiger partial charge in [0.2, 0.25) is 23.6 Å². The van der Waals surface area contributed by atoms with Crippen LogP contribution in [0, 0.1) is 17.8 Å². The third-order valence-electron chi connectivity index (χ3n) is 14.3. The number of halogens is 1. The van der Waals surface area contributed by atoms with Gasteiger partial charge >= 0.3 is 17.9 Å². The quantitative estimate of drug-likeness (QED) is 0.162. The lowest BCUT2D eigenvalue weighted by atomic mass is 9.78. The Morgan fingerprint density at radius 1 is 1.07 bits per heavy atom. The van der Waals surface area contributed by atoms with Crippen molar-refractivity contribution in [2.45, 2.75) is 139 Å². The van der Waals surface area contributed by atoms with Gasteiger partial charge in [0.05, 0.1) is 42.9 Å². The normalized spacial score (nSPS) is 33.2. The number of carboxylic acids is 1. The van der Waals surface area contributed by atoms with Crippen LogP contribution in [0.15, 0.2) is 35.9 Å². The van der Waals surface area contributed by atoms with Crippen LogP contribution >= 0.6 is 23.4 Å². The number of allylic oxidation sites excluding steroid dienone is 3. The standard InChI is InChI=1S/C48H64ClN3O14S/c1-26-10-9-11-36(63-8)48(61)23-34(64-41(56)24-48)27(2)43-47(4,66-43)37(22-39(54)51(6)32-19-30(18-26)20-33(62-7)42(32)49)65-46(60)28(3)50(5)38(53)16-17-67-35-21-40(55)52(44(35)57)25-29-12-14-31(15-13-29)45(58)59/h9-11,19-20,27-29,31,34-37,43,61H,12-18,21-25H2,1-8H3,(H,58,59)/b11-9+,26-10+/t27-,28+,29?,31?,34+,35?,36-,37+,43+,47+,48-/m1/s1. The number of likely N-dealkylation sites (N-methyl/N-ethyl adjacent to an activating group) is 1. The van der Waals surface area contributed by atoms with E-state index < -0.39 is 88.5 Å². The number of carboxylic acid groups (broad SMARTS) is 1. The molecule has 5 aliphatic rings. The van der Waals surface area contributed by atoms with Crippen LogP contribution in [0.25, 0.3) is 0 Å². The summed E-state index contributed by atoms with van der Waals surface area (Å²) in [6.07, 6.45) is 3.70. The van der Waals surface area contributed by atoms with E-state index in [-0.39, 0.29) is 67.2 Å². The molecule has 1 saturated carbocycles. The molecule has 1 aromatic carbocycles. The van der Waals surface area contributed by atoms with Crippen LogP contribution in [0.4, 0.5) is 5.69 Å². The van der Waals surface area contributed by atoms with Crippen molar-refractivity contribution in [3.8, 4) is 5.75 Å². The van der Waals surface area contributed by atoms with Crippen molar-refractivity contribution in [1.82, 2.24) is 9.80 Å². The zero-order chi connectivity index (χ0) is 49.1. The molecule has 67 heavy (non-hydrogen) atoms. The molecular weight excluding hydrogens is 910 g/mol. The maximum absolute atomic E-state index is 14.3. The number of aliphatic hydroxyl groups is 1. The third-order valence-corrected chi connectivity index (χ3v) is 15.8. The minimum atomic E-state index is -1.63. The molecule has 1 aliphatic carbocycles. The lowest BCUT2D eigenvalue weighted by Gasteiger charge is -2.41. The van der Waals surface area contributed by atoms with Gasteiger partial charge in [-0.2, -0.15) is 0 Å². The van der Waals surface area contributed by atoms with E-state index in [1.807, 2.05) is 13.0 Å². The van der Waals surface area contributed by atoms with Gasteiger partial charge in [-0.1, -0.05) is 42.3 Å². The highest BCUT2D eigenvalue weighted by molar-refractivity contribution is 8.00. The Balaban J connectivity index is 1.16. The zero-order valence-electron chi connectivity index (χ0n) is 39.5. The summed E-state index contributed by atoms with van der Waals surface area (Å²) < 4.78 is 29.6. The number of thioether (sulfide) groups is 1. The summed E-state index contributed by atoms with van der Waals surface area (Å²) in [6.45, 7) is 7.17. The van der Waals surface area contributed by atoms with E-state index >= 15 is 0 Å². The minimum Gasteiger partial charge on any atom is -0.495 e. The highest BCUT2D eigenvalue weighted by Gasteiger charge is 2.64. The number of ether oxygens (including phenoxy) is 5. The van der Waals surface area contributed by atoms with Gasteiger partial charge < -0.3 is 43.7 Å². The summed E-state index contributed by atoms with van der Waals surface area (Å²) in [5.74, 6) is -4.11. The number of fused-ring (bicyclic) bond motifs is 5. The van der Waals surface area contributed by atoms with E-state index in [9.17, 15) is 43.8 Å². The molecular formula is C48H64ClN3O14S. The molecule has 368 valence electrons. The first-order chi connectivity index (χ1) is 31.6. The number of amides is 4. The Morgan fingerprint density at radius 3 is 2.43 bits per heavy atom. The summed E-state index contributed by atoms with van der Waals surface area (Å²) in [7, 11) is 5.93. The van der Waals surface area contributed by atoms with Gasteiger partial charge in [-0.15, -0.1) is 11.8 Å². The summed E-state index contributed by atoms with van der Waals surface area (Å²) >= 11 is 8.01. The topological polar surface area (TPSA) is 219 Å². The molecule has 4 bridgehead atoms. The van der Waals surface area contributed by atoms with Crippen molar-refractivity contribution in [1.29, 1.82) is 0 Å². The summed E-state index contributed by atoms with van der Waals surface area (Å²) in [5.41, 5.74) is -0.852. The number of aliphatic carboxylic acids is 1.